The van der Waals surface area contributed by atoms with Gasteiger partial charge in [-0.15, -0.1) is 0 Å². The van der Waals surface area contributed by atoms with E-state index in [4.69, 9.17) is 10.5 Å². The Labute approximate surface area is 103 Å². The van der Waals surface area contributed by atoms with Gasteiger partial charge >= 0.3 is 6.18 Å². The monoisotopic (exact) mass is 260 g/mol. The molecule has 2 N–H and O–H groups in total. The SMILES string of the molecule is NCC1CCCC1Oc1ccc(C(F)(F)F)cn1. The van der Waals surface area contributed by atoms with Gasteiger partial charge in [0.25, 0.3) is 0 Å². The summed E-state index contributed by atoms with van der Waals surface area (Å²) in [5, 5.41) is 0. The molecule has 2 rings (SSSR count). The summed E-state index contributed by atoms with van der Waals surface area (Å²) in [6.45, 7) is 0.533. The Hall–Kier alpha value is -1.30. The van der Waals surface area contributed by atoms with E-state index in [1.165, 1.54) is 6.07 Å². The van der Waals surface area contributed by atoms with E-state index >= 15 is 0 Å². The lowest BCUT2D eigenvalue weighted by Crippen LogP contribution is -2.27. The minimum absolute atomic E-state index is 0.0285. The van der Waals surface area contributed by atoms with Gasteiger partial charge in [-0.1, -0.05) is 0 Å². The minimum atomic E-state index is -4.36. The minimum Gasteiger partial charge on any atom is -0.474 e. The number of halogens is 3. The van der Waals surface area contributed by atoms with Crippen molar-refractivity contribution in [2.45, 2.75) is 31.5 Å². The smallest absolute Gasteiger partial charge is 0.417 e. The maximum absolute atomic E-state index is 12.3. The number of ether oxygens (including phenoxy) is 1. The van der Waals surface area contributed by atoms with Crippen LogP contribution in [0.4, 0.5) is 13.2 Å². The highest BCUT2D eigenvalue weighted by molar-refractivity contribution is 5.20. The first-order valence-corrected chi connectivity index (χ1v) is 5.90. The quantitative estimate of drug-likeness (QED) is 0.908. The number of nitrogens with two attached hydrogens (primary N) is 1. The number of alkyl halides is 3. The summed E-state index contributed by atoms with van der Waals surface area (Å²) in [5.41, 5.74) is 4.84. The molecule has 2 unspecified atom stereocenters. The van der Waals surface area contributed by atoms with Crippen molar-refractivity contribution in [3.63, 3.8) is 0 Å². The van der Waals surface area contributed by atoms with Crippen LogP contribution >= 0.6 is 0 Å². The van der Waals surface area contributed by atoms with E-state index in [-0.39, 0.29) is 17.9 Å². The summed E-state index contributed by atoms with van der Waals surface area (Å²) in [6, 6.07) is 2.24. The molecule has 3 nitrogen and oxygen atoms in total. The zero-order chi connectivity index (χ0) is 13.2. The van der Waals surface area contributed by atoms with E-state index in [0.29, 0.717) is 6.54 Å². The zero-order valence-corrected chi connectivity index (χ0v) is 9.78. The van der Waals surface area contributed by atoms with Gasteiger partial charge in [0.1, 0.15) is 6.10 Å². The summed E-state index contributed by atoms with van der Waals surface area (Å²) in [4.78, 5) is 3.69. The van der Waals surface area contributed by atoms with Gasteiger partial charge in [0.05, 0.1) is 5.56 Å². The fourth-order valence-electron chi connectivity index (χ4n) is 2.20. The van der Waals surface area contributed by atoms with Crippen LogP contribution < -0.4 is 10.5 Å². The maximum Gasteiger partial charge on any atom is 0.417 e. The van der Waals surface area contributed by atoms with Crippen molar-refractivity contribution < 1.29 is 17.9 Å². The molecule has 1 fully saturated rings. The molecule has 0 radical (unpaired) electrons. The number of hydrogen-bond acceptors (Lipinski definition) is 3. The van der Waals surface area contributed by atoms with E-state index in [9.17, 15) is 13.2 Å². The highest BCUT2D eigenvalue weighted by atomic mass is 19.4. The first-order valence-electron chi connectivity index (χ1n) is 5.90. The van der Waals surface area contributed by atoms with Crippen LogP contribution in [0.2, 0.25) is 0 Å². The molecule has 1 heterocycles. The van der Waals surface area contributed by atoms with E-state index < -0.39 is 11.7 Å². The van der Waals surface area contributed by atoms with Crippen LogP contribution in [0.5, 0.6) is 5.88 Å². The van der Waals surface area contributed by atoms with Gasteiger partial charge in [0, 0.05) is 18.2 Å². The van der Waals surface area contributed by atoms with Gasteiger partial charge < -0.3 is 10.5 Å². The first-order chi connectivity index (χ1) is 8.50. The van der Waals surface area contributed by atoms with Crippen LogP contribution in [0.1, 0.15) is 24.8 Å². The molecule has 2 atom stereocenters. The Morgan fingerprint density at radius 1 is 1.33 bits per heavy atom. The topological polar surface area (TPSA) is 48.1 Å². The van der Waals surface area contributed by atoms with Gasteiger partial charge in [0.15, 0.2) is 0 Å². The Morgan fingerprint density at radius 2 is 2.11 bits per heavy atom. The molecule has 0 aromatic carbocycles. The largest absolute Gasteiger partial charge is 0.474 e. The molecule has 0 saturated heterocycles. The van der Waals surface area contributed by atoms with Crippen LogP contribution in [0.3, 0.4) is 0 Å². The third-order valence-corrected chi connectivity index (χ3v) is 3.23. The molecular formula is C12H15F3N2O. The van der Waals surface area contributed by atoms with Gasteiger partial charge in [-0.25, -0.2) is 4.98 Å². The Morgan fingerprint density at radius 3 is 2.67 bits per heavy atom. The predicted octanol–water partition coefficient (Wildman–Crippen LogP) is 2.61. The number of nitrogens with zero attached hydrogens (tertiary/aromatic N) is 1. The van der Waals surface area contributed by atoms with E-state index in [1.54, 1.807) is 0 Å². The van der Waals surface area contributed by atoms with Crippen LogP contribution in [-0.2, 0) is 6.18 Å². The number of hydrogen-bond donors (Lipinski definition) is 1. The van der Waals surface area contributed by atoms with Crippen molar-refractivity contribution >= 4 is 0 Å². The highest BCUT2D eigenvalue weighted by Crippen LogP contribution is 2.31. The molecule has 0 aliphatic heterocycles. The lowest BCUT2D eigenvalue weighted by molar-refractivity contribution is -0.137. The molecule has 1 saturated carbocycles. The van der Waals surface area contributed by atoms with Gasteiger partial charge in [-0.2, -0.15) is 13.2 Å². The maximum atomic E-state index is 12.3. The molecule has 1 aromatic rings. The molecule has 100 valence electrons. The average Bonchev–Trinajstić information content (AvgIpc) is 2.76. The van der Waals surface area contributed by atoms with Gasteiger partial charge in [0.2, 0.25) is 5.88 Å². The normalized spacial score (nSPS) is 24.2. The van der Waals surface area contributed by atoms with Crippen molar-refractivity contribution in [1.82, 2.24) is 4.98 Å². The third-order valence-electron chi connectivity index (χ3n) is 3.23. The van der Waals surface area contributed by atoms with E-state index in [2.05, 4.69) is 4.98 Å². The zero-order valence-electron chi connectivity index (χ0n) is 9.78. The summed E-state index contributed by atoms with van der Waals surface area (Å²) >= 11 is 0. The van der Waals surface area contributed by atoms with Crippen LogP contribution in [0.15, 0.2) is 18.3 Å². The van der Waals surface area contributed by atoms with Crippen molar-refractivity contribution in [3.05, 3.63) is 23.9 Å². The fourth-order valence-corrected chi connectivity index (χ4v) is 2.20. The number of aromatic nitrogens is 1. The lowest BCUT2D eigenvalue weighted by atomic mass is 10.1. The number of rotatable bonds is 3. The van der Waals surface area contributed by atoms with Crippen LogP contribution in [-0.4, -0.2) is 17.6 Å². The molecule has 0 amide bonds. The van der Waals surface area contributed by atoms with Gasteiger partial charge in [-0.05, 0) is 31.9 Å². The first kappa shape index (κ1) is 13.1. The molecular weight excluding hydrogens is 245 g/mol. The van der Waals surface area contributed by atoms with Crippen molar-refractivity contribution in [2.75, 3.05) is 6.54 Å². The fraction of sp³-hybridized carbons (Fsp3) is 0.583. The van der Waals surface area contributed by atoms with Crippen molar-refractivity contribution in [2.24, 2.45) is 11.7 Å². The summed E-state index contributed by atoms with van der Waals surface area (Å²) in [5.74, 6) is 0.502. The van der Waals surface area contributed by atoms with E-state index in [0.717, 1.165) is 31.5 Å². The second-order valence-electron chi connectivity index (χ2n) is 4.47. The summed E-state index contributed by atoms with van der Waals surface area (Å²) in [7, 11) is 0. The molecule has 1 aliphatic rings. The van der Waals surface area contributed by atoms with Gasteiger partial charge in [-0.3, -0.25) is 0 Å². The average molecular weight is 260 g/mol. The van der Waals surface area contributed by atoms with E-state index in [1.807, 2.05) is 0 Å². The van der Waals surface area contributed by atoms with Crippen LogP contribution in [0, 0.1) is 5.92 Å². The second-order valence-corrected chi connectivity index (χ2v) is 4.47. The summed E-state index contributed by atoms with van der Waals surface area (Å²) < 4.78 is 42.6. The molecule has 1 aliphatic carbocycles. The Bertz CT molecular complexity index is 391. The van der Waals surface area contributed by atoms with Crippen LogP contribution in [0.25, 0.3) is 0 Å². The second kappa shape index (κ2) is 5.14. The predicted molar refractivity (Wildman–Crippen MR) is 60.1 cm³/mol. The molecule has 18 heavy (non-hydrogen) atoms. The molecule has 0 bridgehead atoms. The van der Waals surface area contributed by atoms with Crippen molar-refractivity contribution in [1.29, 1.82) is 0 Å². The van der Waals surface area contributed by atoms with Crippen molar-refractivity contribution in [3.8, 4) is 5.88 Å². The summed E-state index contributed by atoms with van der Waals surface area (Å²) in [6.07, 6.45) is -0.681. The molecule has 6 heteroatoms. The lowest BCUT2D eigenvalue weighted by Gasteiger charge is -2.19. The highest BCUT2D eigenvalue weighted by Gasteiger charge is 2.31. The standard InChI is InChI=1S/C12H15F3N2O/c13-12(14,15)9-4-5-11(17-7-9)18-10-3-1-2-8(10)6-16/h4-5,7-8,10H,1-3,6,16H2. The molecule has 1 aromatic heterocycles. The molecule has 0 spiro atoms. The Kier molecular flexibility index (Phi) is 3.75. The number of pyridine rings is 1. The third kappa shape index (κ3) is 2.93. The Balaban J connectivity index is 2.02.